The average Bonchev–Trinajstić information content (AvgIpc) is 2.51. The minimum Gasteiger partial charge on any atom is -0.463 e. The molecule has 23 heavy (non-hydrogen) atoms. The van der Waals surface area contributed by atoms with Crippen LogP contribution in [0.3, 0.4) is 0 Å². The van der Waals surface area contributed by atoms with Crippen LogP contribution in [0.25, 0.3) is 0 Å². The monoisotopic (exact) mass is 332 g/mol. The summed E-state index contributed by atoms with van der Waals surface area (Å²) in [6.07, 6.45) is -5.27. The number of halogens is 3. The summed E-state index contributed by atoms with van der Waals surface area (Å²) in [5, 5.41) is 3.83. The van der Waals surface area contributed by atoms with Gasteiger partial charge in [0, 0.05) is 13.0 Å². The smallest absolute Gasteiger partial charge is 0.436 e. The van der Waals surface area contributed by atoms with Gasteiger partial charge in [0.1, 0.15) is 0 Å². The highest BCUT2D eigenvalue weighted by atomic mass is 19.4. The summed E-state index contributed by atoms with van der Waals surface area (Å²) in [5.74, 6) is -2.51. The third-order valence-electron chi connectivity index (χ3n) is 3.06. The van der Waals surface area contributed by atoms with Crippen molar-refractivity contribution in [2.24, 2.45) is 0 Å². The minimum absolute atomic E-state index is 0.204. The highest BCUT2D eigenvalue weighted by Gasteiger charge is 2.62. The molecule has 1 amide bonds. The van der Waals surface area contributed by atoms with Gasteiger partial charge < -0.3 is 10.1 Å². The highest BCUT2D eigenvalue weighted by Crippen LogP contribution is 2.30. The fourth-order valence-electron chi connectivity index (χ4n) is 1.82. The van der Waals surface area contributed by atoms with Crippen molar-refractivity contribution >= 4 is 11.9 Å². The summed E-state index contributed by atoms with van der Waals surface area (Å²) in [5.41, 5.74) is -2.76. The number of ether oxygens (including phenoxy) is 1. The largest absolute Gasteiger partial charge is 0.463 e. The third-order valence-corrected chi connectivity index (χ3v) is 3.06. The molecular weight excluding hydrogens is 313 g/mol. The fourth-order valence-corrected chi connectivity index (χ4v) is 1.82. The lowest BCUT2D eigenvalue weighted by molar-refractivity contribution is -0.222. The number of hydrogen-bond acceptors (Lipinski definition) is 4. The number of carbonyl (C=O) groups excluding carboxylic acids is 2. The van der Waals surface area contributed by atoms with Crippen molar-refractivity contribution < 1.29 is 27.5 Å². The zero-order chi connectivity index (χ0) is 17.5. The van der Waals surface area contributed by atoms with Crippen LogP contribution < -0.4 is 10.6 Å². The van der Waals surface area contributed by atoms with Gasteiger partial charge in [0.25, 0.3) is 5.66 Å². The lowest BCUT2D eigenvalue weighted by atomic mass is 10.1. The first-order valence-corrected chi connectivity index (χ1v) is 7.10. The van der Waals surface area contributed by atoms with E-state index in [9.17, 15) is 22.8 Å². The SMILES string of the molecule is CCOC(=O)C(NCc1ccccc1)(NC(=O)CC)C(F)(F)F. The second-order valence-electron chi connectivity index (χ2n) is 4.71. The molecule has 1 unspecified atom stereocenters. The Balaban J connectivity index is 3.14. The number of carbonyl (C=O) groups is 2. The Morgan fingerprint density at radius 3 is 2.22 bits per heavy atom. The van der Waals surface area contributed by atoms with Gasteiger partial charge in [0.15, 0.2) is 0 Å². The minimum atomic E-state index is -5.07. The zero-order valence-corrected chi connectivity index (χ0v) is 12.9. The van der Waals surface area contributed by atoms with E-state index >= 15 is 0 Å². The molecule has 0 heterocycles. The summed E-state index contributed by atoms with van der Waals surface area (Å²) >= 11 is 0. The van der Waals surface area contributed by atoms with E-state index in [1.807, 2.05) is 0 Å². The van der Waals surface area contributed by atoms with Crippen LogP contribution in [0, 0.1) is 0 Å². The van der Waals surface area contributed by atoms with Gasteiger partial charge in [0.05, 0.1) is 6.61 Å². The molecule has 0 fully saturated rings. The molecule has 0 saturated heterocycles. The lowest BCUT2D eigenvalue weighted by Crippen LogP contribution is -2.72. The summed E-state index contributed by atoms with van der Waals surface area (Å²) < 4.78 is 45.2. The van der Waals surface area contributed by atoms with Crippen LogP contribution in [0.2, 0.25) is 0 Å². The van der Waals surface area contributed by atoms with E-state index in [-0.39, 0.29) is 19.6 Å². The second-order valence-corrected chi connectivity index (χ2v) is 4.71. The maximum absolute atomic E-state index is 13.6. The van der Waals surface area contributed by atoms with E-state index in [0.717, 1.165) is 0 Å². The summed E-state index contributed by atoms with van der Waals surface area (Å²) in [4.78, 5) is 23.5. The van der Waals surface area contributed by atoms with Gasteiger partial charge in [-0.15, -0.1) is 0 Å². The predicted molar refractivity (Wildman–Crippen MR) is 77.1 cm³/mol. The van der Waals surface area contributed by atoms with Gasteiger partial charge in [-0.3, -0.25) is 10.1 Å². The number of nitrogens with one attached hydrogen (secondary N) is 2. The van der Waals surface area contributed by atoms with Crippen molar-refractivity contribution in [3.8, 4) is 0 Å². The van der Waals surface area contributed by atoms with Gasteiger partial charge in [0.2, 0.25) is 5.91 Å². The molecular formula is C15H19F3N2O3. The number of hydrogen-bond donors (Lipinski definition) is 2. The van der Waals surface area contributed by atoms with Crippen LogP contribution in [0.5, 0.6) is 0 Å². The van der Waals surface area contributed by atoms with Crippen LogP contribution in [0.4, 0.5) is 13.2 Å². The molecule has 0 aliphatic rings. The molecule has 1 aromatic carbocycles. The molecule has 128 valence electrons. The molecule has 0 saturated carbocycles. The van der Waals surface area contributed by atoms with Crippen LogP contribution in [0.1, 0.15) is 25.8 Å². The van der Waals surface area contributed by atoms with Gasteiger partial charge in [-0.1, -0.05) is 37.3 Å². The van der Waals surface area contributed by atoms with Crippen molar-refractivity contribution in [3.63, 3.8) is 0 Å². The Labute approximate surface area is 132 Å². The standard InChI is InChI=1S/C15H19F3N2O3/c1-3-12(21)20-14(15(16,17)18,13(22)23-4-2)19-10-11-8-6-5-7-9-11/h5-9,19H,3-4,10H2,1-2H3,(H,20,21). The Morgan fingerprint density at radius 2 is 1.74 bits per heavy atom. The quantitative estimate of drug-likeness (QED) is 0.593. The summed E-state index contributed by atoms with van der Waals surface area (Å²) in [7, 11) is 0. The fraction of sp³-hybridized carbons (Fsp3) is 0.467. The van der Waals surface area contributed by atoms with Gasteiger partial charge in [-0.2, -0.15) is 13.2 Å². The maximum atomic E-state index is 13.6. The Hall–Kier alpha value is -2.09. The van der Waals surface area contributed by atoms with Crippen molar-refractivity contribution in [1.29, 1.82) is 0 Å². The number of alkyl halides is 3. The van der Waals surface area contributed by atoms with E-state index in [0.29, 0.717) is 5.56 Å². The first-order valence-electron chi connectivity index (χ1n) is 7.10. The van der Waals surface area contributed by atoms with Crippen LogP contribution in [0.15, 0.2) is 30.3 Å². The van der Waals surface area contributed by atoms with E-state index < -0.39 is 23.7 Å². The number of esters is 1. The normalized spacial score (nSPS) is 14.0. The molecule has 8 heteroatoms. The predicted octanol–water partition coefficient (Wildman–Crippen LogP) is 2.12. The molecule has 1 aromatic rings. The van der Waals surface area contributed by atoms with Crippen LogP contribution >= 0.6 is 0 Å². The van der Waals surface area contributed by atoms with Crippen molar-refractivity contribution in [2.75, 3.05) is 6.61 Å². The molecule has 0 radical (unpaired) electrons. The maximum Gasteiger partial charge on any atom is 0.436 e. The van der Waals surface area contributed by atoms with Gasteiger partial charge in [-0.05, 0) is 12.5 Å². The first kappa shape index (κ1) is 19.0. The van der Waals surface area contributed by atoms with E-state index in [4.69, 9.17) is 0 Å². The number of benzene rings is 1. The number of amides is 1. The molecule has 0 spiro atoms. The van der Waals surface area contributed by atoms with Crippen LogP contribution in [-0.2, 0) is 20.9 Å². The Morgan fingerprint density at radius 1 is 1.13 bits per heavy atom. The van der Waals surface area contributed by atoms with Gasteiger partial charge in [-0.25, -0.2) is 4.79 Å². The average molecular weight is 332 g/mol. The Bertz CT molecular complexity index is 535. The molecule has 0 bridgehead atoms. The van der Waals surface area contributed by atoms with Crippen molar-refractivity contribution in [3.05, 3.63) is 35.9 Å². The first-order chi connectivity index (χ1) is 10.8. The molecule has 2 N–H and O–H groups in total. The van der Waals surface area contributed by atoms with E-state index in [1.165, 1.54) is 13.8 Å². The third kappa shape index (κ3) is 4.69. The van der Waals surface area contributed by atoms with Gasteiger partial charge >= 0.3 is 12.1 Å². The molecule has 5 nitrogen and oxygen atoms in total. The topological polar surface area (TPSA) is 67.4 Å². The van der Waals surface area contributed by atoms with Crippen LogP contribution in [-0.4, -0.2) is 30.3 Å². The molecule has 0 aliphatic heterocycles. The molecule has 0 aromatic heterocycles. The summed E-state index contributed by atoms with van der Waals surface area (Å²) in [6, 6.07) is 8.22. The second kappa shape index (κ2) is 7.96. The summed E-state index contributed by atoms with van der Waals surface area (Å²) in [6.45, 7) is 2.26. The molecule has 1 rings (SSSR count). The highest BCUT2D eigenvalue weighted by molar-refractivity contribution is 5.88. The van der Waals surface area contributed by atoms with Crippen molar-refractivity contribution in [2.45, 2.75) is 38.7 Å². The number of rotatable bonds is 7. The lowest BCUT2D eigenvalue weighted by Gasteiger charge is -2.34. The molecule has 0 aliphatic carbocycles. The Kier molecular flexibility index (Phi) is 6.56. The zero-order valence-electron chi connectivity index (χ0n) is 12.9. The van der Waals surface area contributed by atoms with E-state index in [1.54, 1.807) is 35.6 Å². The van der Waals surface area contributed by atoms with Crippen molar-refractivity contribution in [1.82, 2.24) is 10.6 Å². The van der Waals surface area contributed by atoms with E-state index in [2.05, 4.69) is 10.1 Å². The molecule has 1 atom stereocenters.